The standard InChI is InChI=1S/C29H30N2O5S/c1-17(2)36-25(29(33)34)14-20-7-10-24(22-11-12-35-16-22)23(13-20)15-30-27(32)26-19(4)31-28(37-26)21-8-5-18(3)6-9-21/h5-13,16-17,25H,14-15H2,1-4H3,(H,30,32)(H,33,34). The number of nitrogens with one attached hydrogen (secondary N) is 1. The topological polar surface area (TPSA) is 102 Å². The highest BCUT2D eigenvalue weighted by Crippen LogP contribution is 2.29. The van der Waals surface area contributed by atoms with Gasteiger partial charge in [-0.05, 0) is 50.5 Å². The van der Waals surface area contributed by atoms with Gasteiger partial charge in [0.05, 0.1) is 24.3 Å². The molecule has 0 aliphatic heterocycles. The number of carbonyl (C=O) groups is 2. The summed E-state index contributed by atoms with van der Waals surface area (Å²) in [6.07, 6.45) is 2.28. The summed E-state index contributed by atoms with van der Waals surface area (Å²) >= 11 is 1.36. The van der Waals surface area contributed by atoms with Gasteiger partial charge in [0, 0.05) is 24.1 Å². The van der Waals surface area contributed by atoms with Crippen molar-refractivity contribution >= 4 is 23.2 Å². The number of hydrogen-bond acceptors (Lipinski definition) is 6. The number of aryl methyl sites for hydroxylation is 2. The van der Waals surface area contributed by atoms with Crippen molar-refractivity contribution in [1.29, 1.82) is 0 Å². The molecule has 37 heavy (non-hydrogen) atoms. The van der Waals surface area contributed by atoms with Crippen molar-refractivity contribution in [2.75, 3.05) is 0 Å². The van der Waals surface area contributed by atoms with Crippen LogP contribution >= 0.6 is 11.3 Å². The van der Waals surface area contributed by atoms with E-state index in [0.29, 0.717) is 10.6 Å². The Morgan fingerprint density at radius 3 is 2.49 bits per heavy atom. The third kappa shape index (κ3) is 6.53. The third-order valence-corrected chi connectivity index (χ3v) is 7.08. The van der Waals surface area contributed by atoms with Gasteiger partial charge in [-0.3, -0.25) is 4.79 Å². The normalized spacial score (nSPS) is 12.0. The van der Waals surface area contributed by atoms with Gasteiger partial charge < -0.3 is 19.6 Å². The maximum Gasteiger partial charge on any atom is 0.333 e. The molecule has 2 heterocycles. The van der Waals surface area contributed by atoms with Gasteiger partial charge in [0.25, 0.3) is 5.91 Å². The predicted octanol–water partition coefficient (Wildman–Crippen LogP) is 6.04. The summed E-state index contributed by atoms with van der Waals surface area (Å²) in [7, 11) is 0. The molecule has 0 spiro atoms. The number of ether oxygens (including phenoxy) is 1. The van der Waals surface area contributed by atoms with Crippen LogP contribution in [0.3, 0.4) is 0 Å². The van der Waals surface area contributed by atoms with Gasteiger partial charge in [0.1, 0.15) is 9.88 Å². The number of rotatable bonds is 10. The lowest BCUT2D eigenvalue weighted by Crippen LogP contribution is -2.29. The molecule has 0 saturated heterocycles. The first-order valence-corrected chi connectivity index (χ1v) is 12.9. The molecule has 1 unspecified atom stereocenters. The van der Waals surface area contributed by atoms with Crippen LogP contribution in [0.15, 0.2) is 65.5 Å². The number of aromatic nitrogens is 1. The Morgan fingerprint density at radius 1 is 1.08 bits per heavy atom. The number of nitrogens with zero attached hydrogens (tertiary/aromatic N) is 1. The van der Waals surface area contributed by atoms with Crippen LogP contribution in [0.1, 0.15) is 45.9 Å². The number of benzene rings is 2. The Morgan fingerprint density at radius 2 is 1.84 bits per heavy atom. The largest absolute Gasteiger partial charge is 0.479 e. The minimum Gasteiger partial charge on any atom is -0.479 e. The number of carboxylic acid groups (broad SMARTS) is 1. The van der Waals surface area contributed by atoms with E-state index in [1.54, 1.807) is 12.5 Å². The first-order chi connectivity index (χ1) is 17.7. The average Bonchev–Trinajstić information content (AvgIpc) is 3.52. The Bertz CT molecular complexity index is 1370. The smallest absolute Gasteiger partial charge is 0.333 e. The van der Waals surface area contributed by atoms with E-state index in [1.807, 2.05) is 76.2 Å². The van der Waals surface area contributed by atoms with Gasteiger partial charge >= 0.3 is 5.97 Å². The molecule has 7 nitrogen and oxygen atoms in total. The Balaban J connectivity index is 1.56. The SMILES string of the molecule is Cc1ccc(-c2nc(C)c(C(=O)NCc3cc(CC(OC(C)C)C(=O)O)ccc3-c3ccoc3)s2)cc1. The van der Waals surface area contributed by atoms with E-state index >= 15 is 0 Å². The molecule has 0 fully saturated rings. The number of thiazole rings is 1. The fraction of sp³-hybridized carbons (Fsp3) is 0.276. The van der Waals surface area contributed by atoms with E-state index in [1.165, 1.54) is 11.3 Å². The number of carboxylic acids is 1. The van der Waals surface area contributed by atoms with Gasteiger partial charge in [0.2, 0.25) is 0 Å². The molecule has 2 aromatic carbocycles. The minimum absolute atomic E-state index is 0.205. The van der Waals surface area contributed by atoms with Crippen LogP contribution in [0.2, 0.25) is 0 Å². The average molecular weight is 519 g/mol. The molecule has 0 radical (unpaired) electrons. The molecular weight excluding hydrogens is 488 g/mol. The van der Waals surface area contributed by atoms with E-state index in [-0.39, 0.29) is 25.0 Å². The number of aliphatic carboxylic acids is 1. The van der Waals surface area contributed by atoms with E-state index in [9.17, 15) is 14.7 Å². The van der Waals surface area contributed by atoms with Crippen LogP contribution < -0.4 is 5.32 Å². The molecule has 0 bridgehead atoms. The zero-order valence-corrected chi connectivity index (χ0v) is 22.1. The van der Waals surface area contributed by atoms with Gasteiger partial charge in [-0.1, -0.05) is 48.0 Å². The summed E-state index contributed by atoms with van der Waals surface area (Å²) in [5.41, 5.74) is 6.25. The molecule has 192 valence electrons. The molecule has 0 aliphatic carbocycles. The summed E-state index contributed by atoms with van der Waals surface area (Å²) < 4.78 is 10.8. The lowest BCUT2D eigenvalue weighted by Gasteiger charge is -2.18. The molecule has 2 N–H and O–H groups in total. The summed E-state index contributed by atoms with van der Waals surface area (Å²) in [4.78, 5) is 30.0. The van der Waals surface area contributed by atoms with Crippen LogP contribution in [0.4, 0.5) is 0 Å². The Hall–Kier alpha value is -3.75. The van der Waals surface area contributed by atoms with Crippen molar-refractivity contribution in [1.82, 2.24) is 10.3 Å². The Kier molecular flexibility index (Phi) is 8.21. The van der Waals surface area contributed by atoms with Crippen molar-refractivity contribution < 1.29 is 23.8 Å². The summed E-state index contributed by atoms with van der Waals surface area (Å²) in [5.74, 6) is -1.21. The van der Waals surface area contributed by atoms with E-state index in [2.05, 4.69) is 10.3 Å². The maximum atomic E-state index is 13.2. The highest BCUT2D eigenvalue weighted by atomic mass is 32.1. The van der Waals surface area contributed by atoms with Gasteiger partial charge in [-0.15, -0.1) is 11.3 Å². The number of carbonyl (C=O) groups excluding carboxylic acids is 1. The molecule has 2 aromatic heterocycles. The fourth-order valence-electron chi connectivity index (χ4n) is 4.04. The zero-order valence-electron chi connectivity index (χ0n) is 21.3. The first kappa shape index (κ1) is 26.3. The van der Waals surface area contributed by atoms with E-state index in [4.69, 9.17) is 9.15 Å². The summed E-state index contributed by atoms with van der Waals surface area (Å²) in [5, 5.41) is 13.4. The molecule has 1 amide bonds. The van der Waals surface area contributed by atoms with Crippen molar-refractivity contribution in [3.05, 3.63) is 88.3 Å². The fourth-order valence-corrected chi connectivity index (χ4v) is 5.03. The second-order valence-corrected chi connectivity index (χ2v) is 10.2. The van der Waals surface area contributed by atoms with Gasteiger partial charge in [-0.2, -0.15) is 0 Å². The molecular formula is C29H30N2O5S. The zero-order chi connectivity index (χ0) is 26.5. The van der Waals surface area contributed by atoms with Crippen LogP contribution in [-0.4, -0.2) is 34.2 Å². The maximum absolute atomic E-state index is 13.2. The van der Waals surface area contributed by atoms with Crippen molar-refractivity contribution in [2.24, 2.45) is 0 Å². The lowest BCUT2D eigenvalue weighted by molar-refractivity contribution is -0.153. The second kappa shape index (κ2) is 11.5. The Labute approximate surface area is 220 Å². The summed E-state index contributed by atoms with van der Waals surface area (Å²) in [6, 6.07) is 15.6. The predicted molar refractivity (Wildman–Crippen MR) is 144 cm³/mol. The lowest BCUT2D eigenvalue weighted by atomic mass is 9.97. The van der Waals surface area contributed by atoms with Crippen LogP contribution in [0.5, 0.6) is 0 Å². The van der Waals surface area contributed by atoms with Crippen LogP contribution in [-0.2, 0) is 22.5 Å². The van der Waals surface area contributed by atoms with Crippen molar-refractivity contribution in [3.63, 3.8) is 0 Å². The van der Waals surface area contributed by atoms with Crippen molar-refractivity contribution in [2.45, 2.75) is 52.9 Å². The molecule has 8 heteroatoms. The van der Waals surface area contributed by atoms with Crippen molar-refractivity contribution in [3.8, 4) is 21.7 Å². The molecule has 4 rings (SSSR count). The molecule has 0 saturated carbocycles. The van der Waals surface area contributed by atoms with Crippen LogP contribution in [0, 0.1) is 13.8 Å². The number of amides is 1. The van der Waals surface area contributed by atoms with Gasteiger partial charge in [0.15, 0.2) is 6.10 Å². The van der Waals surface area contributed by atoms with E-state index in [0.717, 1.165) is 38.4 Å². The number of furan rings is 1. The third-order valence-electron chi connectivity index (χ3n) is 5.88. The highest BCUT2D eigenvalue weighted by Gasteiger charge is 2.22. The molecule has 0 aliphatic rings. The number of hydrogen-bond donors (Lipinski definition) is 2. The van der Waals surface area contributed by atoms with Crippen LogP contribution in [0.25, 0.3) is 21.7 Å². The first-order valence-electron chi connectivity index (χ1n) is 12.1. The molecule has 4 aromatic rings. The van der Waals surface area contributed by atoms with Gasteiger partial charge in [-0.25, -0.2) is 9.78 Å². The summed E-state index contributed by atoms with van der Waals surface area (Å²) in [6.45, 7) is 7.74. The highest BCUT2D eigenvalue weighted by molar-refractivity contribution is 7.17. The quantitative estimate of drug-likeness (QED) is 0.265. The van der Waals surface area contributed by atoms with E-state index < -0.39 is 12.1 Å². The molecule has 1 atom stereocenters. The monoisotopic (exact) mass is 518 g/mol. The minimum atomic E-state index is -1.01. The second-order valence-electron chi connectivity index (χ2n) is 9.20.